The summed E-state index contributed by atoms with van der Waals surface area (Å²) in [6.07, 6.45) is 4.28. The van der Waals surface area contributed by atoms with Crippen molar-refractivity contribution in [3.8, 4) is 0 Å². The lowest BCUT2D eigenvalue weighted by molar-refractivity contribution is 0.594. The van der Waals surface area contributed by atoms with Crippen LogP contribution in [0, 0.1) is 0 Å². The summed E-state index contributed by atoms with van der Waals surface area (Å²) in [6.45, 7) is 2.15. The molecule has 5 rings (SSSR count). The summed E-state index contributed by atoms with van der Waals surface area (Å²) >= 11 is 0. The summed E-state index contributed by atoms with van der Waals surface area (Å²) < 4.78 is 12.1. The zero-order valence-electron chi connectivity index (χ0n) is 12.3. The highest BCUT2D eigenvalue weighted by Crippen LogP contribution is 2.38. The van der Waals surface area contributed by atoms with Crippen molar-refractivity contribution in [1.82, 2.24) is 0 Å². The molecule has 108 valence electrons. The summed E-state index contributed by atoms with van der Waals surface area (Å²) in [5.74, 6) is 1.000. The van der Waals surface area contributed by atoms with E-state index in [1.54, 1.807) is 0 Å². The number of furan rings is 2. The Morgan fingerprint density at radius 3 is 2.55 bits per heavy atom. The van der Waals surface area contributed by atoms with E-state index >= 15 is 0 Å². The molecule has 0 aliphatic heterocycles. The molecular formula is C19H15NO2. The van der Waals surface area contributed by atoms with Crippen LogP contribution in [0.1, 0.15) is 24.7 Å². The molecule has 0 radical (unpaired) electrons. The van der Waals surface area contributed by atoms with Gasteiger partial charge in [0, 0.05) is 33.5 Å². The second kappa shape index (κ2) is 3.95. The highest BCUT2D eigenvalue weighted by molar-refractivity contribution is 6.10. The molecule has 0 spiro atoms. The molecular weight excluding hydrogens is 274 g/mol. The summed E-state index contributed by atoms with van der Waals surface area (Å²) in [4.78, 5) is 0. The lowest BCUT2D eigenvalue weighted by Crippen LogP contribution is -1.93. The van der Waals surface area contributed by atoms with E-state index in [9.17, 15) is 0 Å². The van der Waals surface area contributed by atoms with Crippen molar-refractivity contribution in [1.29, 1.82) is 0 Å². The van der Waals surface area contributed by atoms with Gasteiger partial charge in [0.2, 0.25) is 0 Å². The number of nitrogens with two attached hydrogens (primary N) is 1. The minimum atomic E-state index is 0.716. The highest BCUT2D eigenvalue weighted by atomic mass is 16.3. The number of hydrogen-bond donors (Lipinski definition) is 1. The number of benzene rings is 2. The zero-order valence-corrected chi connectivity index (χ0v) is 12.3. The van der Waals surface area contributed by atoms with Gasteiger partial charge in [0.25, 0.3) is 0 Å². The van der Waals surface area contributed by atoms with Crippen LogP contribution < -0.4 is 5.73 Å². The number of allylic oxidation sites excluding steroid dienone is 1. The van der Waals surface area contributed by atoms with Gasteiger partial charge >= 0.3 is 0 Å². The van der Waals surface area contributed by atoms with Crippen LogP contribution in [0.15, 0.2) is 44.7 Å². The molecule has 0 saturated heterocycles. The maximum absolute atomic E-state index is 6.07. The lowest BCUT2D eigenvalue weighted by atomic mass is 9.96. The normalized spacial score (nSPS) is 14.7. The van der Waals surface area contributed by atoms with Gasteiger partial charge < -0.3 is 14.6 Å². The fraction of sp³-hybridized carbons (Fsp3) is 0.158. The predicted molar refractivity (Wildman–Crippen MR) is 89.9 cm³/mol. The third-order valence-electron chi connectivity index (χ3n) is 4.59. The first kappa shape index (κ1) is 11.9. The first-order chi connectivity index (χ1) is 10.7. The van der Waals surface area contributed by atoms with E-state index in [0.717, 1.165) is 46.1 Å². The van der Waals surface area contributed by atoms with Crippen molar-refractivity contribution >= 4 is 44.7 Å². The van der Waals surface area contributed by atoms with Crippen LogP contribution in [-0.2, 0) is 6.42 Å². The number of fused-ring (bicyclic) bond motifs is 6. The number of rotatable bonds is 0. The van der Waals surface area contributed by atoms with Gasteiger partial charge in [-0.3, -0.25) is 0 Å². The van der Waals surface area contributed by atoms with Gasteiger partial charge in [0.15, 0.2) is 0 Å². The zero-order chi connectivity index (χ0) is 14.8. The largest absolute Gasteiger partial charge is 0.456 e. The van der Waals surface area contributed by atoms with Crippen LogP contribution in [0.4, 0.5) is 5.69 Å². The topological polar surface area (TPSA) is 52.3 Å². The monoisotopic (exact) mass is 289 g/mol. The van der Waals surface area contributed by atoms with E-state index in [-0.39, 0.29) is 0 Å². The summed E-state index contributed by atoms with van der Waals surface area (Å²) in [7, 11) is 0. The molecule has 22 heavy (non-hydrogen) atoms. The van der Waals surface area contributed by atoms with Crippen molar-refractivity contribution in [2.75, 3.05) is 5.73 Å². The Hall–Kier alpha value is -2.68. The molecule has 2 aromatic heterocycles. The molecule has 0 bridgehead atoms. The lowest BCUT2D eigenvalue weighted by Gasteiger charge is -2.07. The first-order valence-corrected chi connectivity index (χ1v) is 7.53. The Morgan fingerprint density at radius 2 is 1.64 bits per heavy atom. The Morgan fingerprint density at radius 1 is 0.864 bits per heavy atom. The van der Waals surface area contributed by atoms with Crippen molar-refractivity contribution < 1.29 is 8.83 Å². The Kier molecular flexibility index (Phi) is 2.14. The van der Waals surface area contributed by atoms with Gasteiger partial charge in [0.1, 0.15) is 22.5 Å². The van der Waals surface area contributed by atoms with Crippen molar-refractivity contribution in [3.05, 3.63) is 47.2 Å². The van der Waals surface area contributed by atoms with Gasteiger partial charge in [-0.25, -0.2) is 0 Å². The van der Waals surface area contributed by atoms with E-state index in [4.69, 9.17) is 14.6 Å². The highest BCUT2D eigenvalue weighted by Gasteiger charge is 2.19. The molecule has 4 aromatic rings. The fourth-order valence-electron chi connectivity index (χ4n) is 3.44. The van der Waals surface area contributed by atoms with Crippen molar-refractivity contribution in [3.63, 3.8) is 0 Å². The molecule has 1 aliphatic rings. The van der Waals surface area contributed by atoms with E-state index in [0.29, 0.717) is 5.69 Å². The molecule has 2 heterocycles. The predicted octanol–water partition coefficient (Wildman–Crippen LogP) is 5.26. The van der Waals surface area contributed by atoms with E-state index in [1.807, 2.05) is 18.2 Å². The SMILES string of the molecule is CC1=Cc2oc3cc4c(cc3c2CC1)oc1cc(N)ccc14. The molecule has 0 amide bonds. The summed E-state index contributed by atoms with van der Waals surface area (Å²) in [5, 5.41) is 3.32. The minimum absolute atomic E-state index is 0.716. The van der Waals surface area contributed by atoms with Gasteiger partial charge in [-0.1, -0.05) is 5.57 Å². The molecule has 0 atom stereocenters. The number of hydrogen-bond acceptors (Lipinski definition) is 3. The number of anilines is 1. The molecule has 0 fully saturated rings. The molecule has 3 heteroatoms. The Labute approximate surface area is 127 Å². The Balaban J connectivity index is 1.89. The molecule has 3 nitrogen and oxygen atoms in total. The number of nitrogen functional groups attached to an aromatic ring is 1. The second-order valence-electron chi connectivity index (χ2n) is 6.14. The Bertz CT molecular complexity index is 1100. The van der Waals surface area contributed by atoms with Crippen LogP contribution in [-0.4, -0.2) is 0 Å². The van der Waals surface area contributed by atoms with Crippen LogP contribution in [0.2, 0.25) is 0 Å². The summed E-state index contributed by atoms with van der Waals surface area (Å²) in [5.41, 5.74) is 11.9. The average Bonchev–Trinajstić information content (AvgIpc) is 3.00. The molecule has 2 N–H and O–H groups in total. The van der Waals surface area contributed by atoms with E-state index in [2.05, 4.69) is 25.1 Å². The number of aryl methyl sites for hydroxylation is 1. The van der Waals surface area contributed by atoms with Crippen molar-refractivity contribution in [2.24, 2.45) is 0 Å². The molecule has 1 aliphatic carbocycles. The fourth-order valence-corrected chi connectivity index (χ4v) is 3.44. The average molecular weight is 289 g/mol. The van der Waals surface area contributed by atoms with Crippen molar-refractivity contribution in [2.45, 2.75) is 19.8 Å². The van der Waals surface area contributed by atoms with Gasteiger partial charge in [-0.15, -0.1) is 0 Å². The van der Waals surface area contributed by atoms with Crippen LogP contribution in [0.25, 0.3) is 39.0 Å². The quantitative estimate of drug-likeness (QED) is 0.449. The smallest absolute Gasteiger partial charge is 0.137 e. The third kappa shape index (κ3) is 1.51. The molecule has 0 saturated carbocycles. The van der Waals surface area contributed by atoms with E-state index in [1.165, 1.54) is 16.5 Å². The maximum Gasteiger partial charge on any atom is 0.137 e. The molecule has 2 aromatic carbocycles. The molecule has 0 unspecified atom stereocenters. The minimum Gasteiger partial charge on any atom is -0.456 e. The van der Waals surface area contributed by atoms with E-state index < -0.39 is 0 Å². The second-order valence-corrected chi connectivity index (χ2v) is 6.14. The van der Waals surface area contributed by atoms with Crippen LogP contribution in [0.5, 0.6) is 0 Å². The van der Waals surface area contributed by atoms with Gasteiger partial charge in [-0.2, -0.15) is 0 Å². The summed E-state index contributed by atoms with van der Waals surface area (Å²) in [6, 6.07) is 9.99. The maximum atomic E-state index is 6.07. The van der Waals surface area contributed by atoms with Gasteiger partial charge in [0.05, 0.1) is 0 Å². The first-order valence-electron chi connectivity index (χ1n) is 7.53. The third-order valence-corrected chi connectivity index (χ3v) is 4.59. The standard InChI is InChI=1S/C19H15NO2/c1-10-2-4-12-14-8-19-15(9-18(14)21-16(12)6-10)13-5-3-11(20)7-17(13)22-19/h3,5-9H,2,4,20H2,1H3. The van der Waals surface area contributed by atoms with Crippen LogP contribution in [0.3, 0.4) is 0 Å². The van der Waals surface area contributed by atoms with Crippen LogP contribution >= 0.6 is 0 Å². The van der Waals surface area contributed by atoms with Gasteiger partial charge in [-0.05, 0) is 50.1 Å².